The van der Waals surface area contributed by atoms with Crippen molar-refractivity contribution in [3.63, 3.8) is 0 Å². The molecular formula is C18H22INO5S. The minimum atomic E-state index is -0.271. The average Bonchev–Trinajstić information content (AvgIpc) is 2.84. The highest BCUT2D eigenvalue weighted by molar-refractivity contribution is 14.1. The lowest BCUT2D eigenvalue weighted by Crippen LogP contribution is -2.29. The van der Waals surface area contributed by atoms with Crippen molar-refractivity contribution in [2.75, 3.05) is 27.4 Å². The predicted octanol–water partition coefficient (Wildman–Crippen LogP) is 4.16. The fourth-order valence-electron chi connectivity index (χ4n) is 2.38. The molecule has 142 valence electrons. The highest BCUT2D eigenvalue weighted by Crippen LogP contribution is 2.37. The van der Waals surface area contributed by atoms with Crippen LogP contribution in [0, 0.1) is 3.57 Å². The van der Waals surface area contributed by atoms with Crippen LogP contribution in [-0.4, -0.2) is 49.5 Å². The van der Waals surface area contributed by atoms with Gasteiger partial charge in [0.1, 0.15) is 0 Å². The van der Waals surface area contributed by atoms with Gasteiger partial charge < -0.3 is 14.2 Å². The monoisotopic (exact) mass is 491 g/mol. The maximum absolute atomic E-state index is 12.5. The fraction of sp³-hybridized carbons (Fsp3) is 0.444. The van der Waals surface area contributed by atoms with Crippen molar-refractivity contribution in [3.05, 3.63) is 26.2 Å². The zero-order valence-electron chi connectivity index (χ0n) is 15.2. The Morgan fingerprint density at radius 3 is 2.62 bits per heavy atom. The Bertz CT molecular complexity index is 720. The van der Waals surface area contributed by atoms with Crippen LogP contribution < -0.4 is 9.47 Å². The maximum Gasteiger partial charge on any atom is 0.293 e. The molecule has 0 spiro atoms. The molecule has 6 nitrogen and oxygen atoms in total. The summed E-state index contributed by atoms with van der Waals surface area (Å²) in [6, 6.07) is 3.71. The molecule has 1 aliphatic heterocycles. The van der Waals surface area contributed by atoms with Crippen LogP contribution in [0.5, 0.6) is 11.5 Å². The van der Waals surface area contributed by atoms with Crippen molar-refractivity contribution < 1.29 is 23.8 Å². The molecule has 0 unspecified atom stereocenters. The molecule has 1 heterocycles. The number of amides is 2. The van der Waals surface area contributed by atoms with Crippen molar-refractivity contribution in [2.45, 2.75) is 26.4 Å². The normalized spacial score (nSPS) is 16.1. The molecule has 8 heteroatoms. The third kappa shape index (κ3) is 5.14. The molecule has 2 amide bonds. The second kappa shape index (κ2) is 9.61. The first-order valence-corrected chi connectivity index (χ1v) is 10.1. The van der Waals surface area contributed by atoms with Gasteiger partial charge in [0.2, 0.25) is 0 Å². The maximum atomic E-state index is 12.5. The molecule has 1 aliphatic rings. The third-order valence-corrected chi connectivity index (χ3v) is 5.22. The van der Waals surface area contributed by atoms with Gasteiger partial charge in [-0.3, -0.25) is 14.5 Å². The highest BCUT2D eigenvalue weighted by atomic mass is 127. The standard InChI is InChI=1S/C18H22INO5S/c1-11(2)25-16-13(19)8-12(9-14(16)24-4)10-15-17(21)20(18(22)26-15)6-5-7-23-3/h8-11H,5-7H2,1-4H3/b15-10+. The molecule has 0 bridgehead atoms. The number of carbonyl (C=O) groups excluding carboxylic acids is 2. The Hall–Kier alpha value is -1.26. The number of nitrogens with zero attached hydrogens (tertiary/aromatic N) is 1. The Balaban J connectivity index is 2.25. The molecule has 0 radical (unpaired) electrons. The lowest BCUT2D eigenvalue weighted by atomic mass is 10.1. The van der Waals surface area contributed by atoms with Crippen LogP contribution in [-0.2, 0) is 9.53 Å². The number of ether oxygens (including phenoxy) is 3. The number of methoxy groups -OCH3 is 2. The lowest BCUT2D eigenvalue weighted by Gasteiger charge is -2.16. The van der Waals surface area contributed by atoms with Crippen molar-refractivity contribution >= 4 is 51.6 Å². The highest BCUT2D eigenvalue weighted by Gasteiger charge is 2.34. The molecule has 26 heavy (non-hydrogen) atoms. The zero-order valence-corrected chi connectivity index (χ0v) is 18.2. The predicted molar refractivity (Wildman–Crippen MR) is 111 cm³/mol. The van der Waals surface area contributed by atoms with Crippen LogP contribution in [0.1, 0.15) is 25.8 Å². The first kappa shape index (κ1) is 21.0. The third-order valence-electron chi connectivity index (χ3n) is 3.51. The summed E-state index contributed by atoms with van der Waals surface area (Å²) in [6.45, 7) is 4.76. The zero-order chi connectivity index (χ0) is 19.3. The van der Waals surface area contributed by atoms with Gasteiger partial charge in [0.05, 0.1) is 21.7 Å². The van der Waals surface area contributed by atoms with Crippen molar-refractivity contribution in [1.29, 1.82) is 0 Å². The molecule has 0 N–H and O–H groups in total. The topological polar surface area (TPSA) is 65.1 Å². The number of benzene rings is 1. The largest absolute Gasteiger partial charge is 0.493 e. The van der Waals surface area contributed by atoms with Crippen LogP contribution >= 0.6 is 34.4 Å². The fourth-order valence-corrected chi connectivity index (χ4v) is 4.00. The summed E-state index contributed by atoms with van der Waals surface area (Å²) in [6.07, 6.45) is 2.35. The van der Waals surface area contributed by atoms with E-state index in [1.807, 2.05) is 19.9 Å². The molecule has 0 aromatic heterocycles. The molecular weight excluding hydrogens is 469 g/mol. The van der Waals surface area contributed by atoms with Gasteiger partial charge in [0.15, 0.2) is 11.5 Å². The van der Waals surface area contributed by atoms with E-state index < -0.39 is 0 Å². The minimum Gasteiger partial charge on any atom is -0.493 e. The number of thioether (sulfide) groups is 1. The lowest BCUT2D eigenvalue weighted by molar-refractivity contribution is -0.122. The first-order valence-electron chi connectivity index (χ1n) is 8.15. The number of rotatable bonds is 8. The van der Waals surface area contributed by atoms with E-state index in [1.165, 1.54) is 4.90 Å². The quantitative estimate of drug-likeness (QED) is 0.309. The summed E-state index contributed by atoms with van der Waals surface area (Å²) in [5.74, 6) is 0.997. The molecule has 2 rings (SSSR count). The molecule has 0 aliphatic carbocycles. The van der Waals surface area contributed by atoms with Crippen LogP contribution in [0.15, 0.2) is 17.0 Å². The summed E-state index contributed by atoms with van der Waals surface area (Å²) >= 11 is 3.13. The smallest absolute Gasteiger partial charge is 0.293 e. The van der Waals surface area contributed by atoms with Gasteiger partial charge in [-0.2, -0.15) is 0 Å². The van der Waals surface area contributed by atoms with E-state index in [-0.39, 0.29) is 17.3 Å². The Morgan fingerprint density at radius 2 is 2.00 bits per heavy atom. The van der Waals surface area contributed by atoms with E-state index in [1.54, 1.807) is 26.4 Å². The van der Waals surface area contributed by atoms with Crippen molar-refractivity contribution in [1.82, 2.24) is 4.90 Å². The molecule has 0 atom stereocenters. The Morgan fingerprint density at radius 1 is 1.27 bits per heavy atom. The van der Waals surface area contributed by atoms with E-state index in [9.17, 15) is 9.59 Å². The van der Waals surface area contributed by atoms with Crippen LogP contribution in [0.3, 0.4) is 0 Å². The van der Waals surface area contributed by atoms with Crippen LogP contribution in [0.2, 0.25) is 0 Å². The molecule has 0 saturated carbocycles. The average molecular weight is 491 g/mol. The minimum absolute atomic E-state index is 0.0202. The molecule has 1 saturated heterocycles. The summed E-state index contributed by atoms with van der Waals surface area (Å²) in [4.78, 5) is 26.2. The number of carbonyl (C=O) groups is 2. The molecule has 1 aromatic rings. The van der Waals surface area contributed by atoms with Crippen LogP contribution in [0.4, 0.5) is 4.79 Å². The summed E-state index contributed by atoms with van der Waals surface area (Å²) in [7, 11) is 3.17. The summed E-state index contributed by atoms with van der Waals surface area (Å²) in [5, 5.41) is -0.251. The van der Waals surface area contributed by atoms with Gasteiger partial charge in [-0.1, -0.05) is 0 Å². The van der Waals surface area contributed by atoms with E-state index in [2.05, 4.69) is 22.6 Å². The van der Waals surface area contributed by atoms with Crippen molar-refractivity contribution in [3.8, 4) is 11.5 Å². The van der Waals surface area contributed by atoms with Gasteiger partial charge in [-0.15, -0.1) is 0 Å². The van der Waals surface area contributed by atoms with E-state index in [4.69, 9.17) is 14.2 Å². The molecule has 1 aromatic carbocycles. The van der Waals surface area contributed by atoms with Gasteiger partial charge >= 0.3 is 0 Å². The number of hydrogen-bond donors (Lipinski definition) is 0. The van der Waals surface area contributed by atoms with Gasteiger partial charge in [-0.05, 0) is 78.4 Å². The number of hydrogen-bond acceptors (Lipinski definition) is 6. The number of imide groups is 1. The molecule has 1 fully saturated rings. The van der Waals surface area contributed by atoms with Gasteiger partial charge in [0, 0.05) is 20.3 Å². The second-order valence-electron chi connectivity index (χ2n) is 5.88. The summed E-state index contributed by atoms with van der Waals surface area (Å²) in [5.41, 5.74) is 0.782. The summed E-state index contributed by atoms with van der Waals surface area (Å²) < 4.78 is 17.1. The Labute approximate surface area is 171 Å². The SMILES string of the molecule is COCCCN1C(=O)S/C(=C/c2cc(I)c(OC(C)C)c(OC)c2)C1=O. The van der Waals surface area contributed by atoms with Crippen LogP contribution in [0.25, 0.3) is 6.08 Å². The van der Waals surface area contributed by atoms with E-state index in [0.717, 1.165) is 20.9 Å². The first-order chi connectivity index (χ1) is 12.4. The second-order valence-corrected chi connectivity index (χ2v) is 8.04. The van der Waals surface area contributed by atoms with E-state index >= 15 is 0 Å². The van der Waals surface area contributed by atoms with Gasteiger partial charge in [-0.25, -0.2) is 0 Å². The van der Waals surface area contributed by atoms with E-state index in [0.29, 0.717) is 36.0 Å². The number of halogens is 1. The van der Waals surface area contributed by atoms with Crippen molar-refractivity contribution in [2.24, 2.45) is 0 Å². The Kier molecular flexibility index (Phi) is 7.78. The van der Waals surface area contributed by atoms with Gasteiger partial charge in [0.25, 0.3) is 11.1 Å².